The number of nitrogens with zero attached hydrogens (tertiary/aromatic N) is 2. The molecule has 1 aromatic rings. The van der Waals surface area contributed by atoms with E-state index in [1.54, 1.807) is 0 Å². The Bertz CT molecular complexity index is 685. The number of benzene rings is 1. The summed E-state index contributed by atoms with van der Waals surface area (Å²) < 4.78 is 43.5. The summed E-state index contributed by atoms with van der Waals surface area (Å²) in [6.07, 6.45) is 1.58. The third kappa shape index (κ3) is 8.64. The average molecular weight is 529 g/mol. The second kappa shape index (κ2) is 12.7. The number of carbonyl (C=O) groups is 1. The number of rotatable bonds is 8. The second-order valence-corrected chi connectivity index (χ2v) is 6.45. The number of alkyl halides is 2. The van der Waals surface area contributed by atoms with Gasteiger partial charge < -0.3 is 21.1 Å². The highest BCUT2D eigenvalue weighted by Crippen LogP contribution is 2.24. The molecule has 1 aliphatic heterocycles. The molecular weight excluding hydrogens is 502 g/mol. The van der Waals surface area contributed by atoms with Crippen LogP contribution in [0.4, 0.5) is 13.2 Å². The van der Waals surface area contributed by atoms with Crippen LogP contribution in [0.5, 0.6) is 5.75 Å². The predicted octanol–water partition coefficient (Wildman–Crippen LogP) is 2.05. The highest BCUT2D eigenvalue weighted by Gasteiger charge is 2.21. The predicted molar refractivity (Wildman–Crippen MR) is 115 cm³/mol. The van der Waals surface area contributed by atoms with Crippen LogP contribution in [-0.4, -0.2) is 55.6 Å². The average Bonchev–Trinajstić information content (AvgIpc) is 2.62. The van der Waals surface area contributed by atoms with Crippen molar-refractivity contribution in [3.05, 3.63) is 29.6 Å². The maximum Gasteiger partial charge on any atom is 0.387 e. The Morgan fingerprint density at radius 3 is 2.66 bits per heavy atom. The molecule has 1 aliphatic rings. The summed E-state index contributed by atoms with van der Waals surface area (Å²) in [6.45, 7) is 0.970. The number of nitrogens with one attached hydrogen (secondary N) is 2. The van der Waals surface area contributed by atoms with E-state index in [0.717, 1.165) is 25.9 Å². The zero-order chi connectivity index (χ0) is 20.5. The Hall–Kier alpha value is -1.76. The lowest BCUT2D eigenvalue weighted by molar-refractivity contribution is -0.119. The van der Waals surface area contributed by atoms with Gasteiger partial charge in [-0.2, -0.15) is 8.78 Å². The van der Waals surface area contributed by atoms with Crippen molar-refractivity contribution in [1.82, 2.24) is 15.5 Å². The Balaban J connectivity index is 0.00000420. The molecule has 29 heavy (non-hydrogen) atoms. The van der Waals surface area contributed by atoms with Crippen molar-refractivity contribution in [2.45, 2.75) is 39.0 Å². The summed E-state index contributed by atoms with van der Waals surface area (Å²) in [4.78, 5) is 17.3. The van der Waals surface area contributed by atoms with Gasteiger partial charge in [-0.25, -0.2) is 9.38 Å². The number of primary amides is 1. The SMILES string of the molecule is CCNC(=NCc1c(F)cccc1OC(F)F)NC1CCN(CC(N)=O)CC1.I. The number of amides is 1. The summed E-state index contributed by atoms with van der Waals surface area (Å²) >= 11 is 0. The lowest BCUT2D eigenvalue weighted by Gasteiger charge is -2.32. The molecule has 7 nitrogen and oxygen atoms in total. The van der Waals surface area contributed by atoms with Gasteiger partial charge in [-0.3, -0.25) is 9.69 Å². The first kappa shape index (κ1) is 25.3. The number of halogens is 4. The fourth-order valence-electron chi connectivity index (χ4n) is 3.03. The minimum Gasteiger partial charge on any atom is -0.434 e. The minimum absolute atomic E-state index is 0. The van der Waals surface area contributed by atoms with Gasteiger partial charge in [-0.15, -0.1) is 24.0 Å². The van der Waals surface area contributed by atoms with Crippen LogP contribution >= 0.6 is 24.0 Å². The largest absolute Gasteiger partial charge is 0.434 e. The molecule has 1 heterocycles. The van der Waals surface area contributed by atoms with E-state index in [2.05, 4.69) is 20.4 Å². The third-order valence-electron chi connectivity index (χ3n) is 4.34. The van der Waals surface area contributed by atoms with Gasteiger partial charge in [-0.1, -0.05) is 6.07 Å². The summed E-state index contributed by atoms with van der Waals surface area (Å²) in [7, 11) is 0. The first-order valence-corrected chi connectivity index (χ1v) is 9.16. The molecule has 164 valence electrons. The van der Waals surface area contributed by atoms with Crippen LogP contribution in [0.3, 0.4) is 0 Å². The Labute approximate surface area is 185 Å². The zero-order valence-corrected chi connectivity index (χ0v) is 18.5. The number of nitrogens with two attached hydrogens (primary N) is 1. The standard InChI is InChI=1S/C18H26F3N5O2.HI/c1-2-23-18(25-12-6-8-26(9-7-12)11-16(22)27)24-10-13-14(19)4-3-5-15(13)28-17(20)21;/h3-5,12,17H,2,6-11H2,1H3,(H2,22,27)(H2,23,24,25);1H. The summed E-state index contributed by atoms with van der Waals surface area (Å²) in [5.41, 5.74) is 5.18. The van der Waals surface area contributed by atoms with Crippen molar-refractivity contribution < 1.29 is 22.7 Å². The van der Waals surface area contributed by atoms with Gasteiger partial charge in [0.15, 0.2) is 5.96 Å². The summed E-state index contributed by atoms with van der Waals surface area (Å²) in [5.74, 6) is -0.776. The maximum atomic E-state index is 14.1. The van der Waals surface area contributed by atoms with Crippen LogP contribution in [0.2, 0.25) is 0 Å². The minimum atomic E-state index is -3.04. The van der Waals surface area contributed by atoms with E-state index in [-0.39, 0.29) is 60.3 Å². The van der Waals surface area contributed by atoms with E-state index in [1.807, 2.05) is 11.8 Å². The van der Waals surface area contributed by atoms with E-state index in [4.69, 9.17) is 5.73 Å². The molecule has 1 aromatic carbocycles. The number of aliphatic imine (C=N–C) groups is 1. The number of carbonyl (C=O) groups excluding carboxylic acids is 1. The quantitative estimate of drug-likeness (QED) is 0.273. The first-order chi connectivity index (χ1) is 13.4. The van der Waals surface area contributed by atoms with Crippen molar-refractivity contribution in [3.63, 3.8) is 0 Å². The van der Waals surface area contributed by atoms with E-state index >= 15 is 0 Å². The van der Waals surface area contributed by atoms with Gasteiger partial charge in [0.1, 0.15) is 11.6 Å². The number of hydrogen-bond acceptors (Lipinski definition) is 4. The molecular formula is C18H27F3IN5O2. The maximum absolute atomic E-state index is 14.1. The molecule has 0 aromatic heterocycles. The van der Waals surface area contributed by atoms with Crippen LogP contribution in [0.25, 0.3) is 0 Å². The molecule has 1 fully saturated rings. The first-order valence-electron chi connectivity index (χ1n) is 9.16. The number of likely N-dealkylation sites (tertiary alicyclic amines) is 1. The van der Waals surface area contributed by atoms with Crippen molar-refractivity contribution in [3.8, 4) is 5.75 Å². The van der Waals surface area contributed by atoms with Gasteiger partial charge in [0.25, 0.3) is 0 Å². The van der Waals surface area contributed by atoms with E-state index in [0.29, 0.717) is 12.5 Å². The third-order valence-corrected chi connectivity index (χ3v) is 4.34. The Morgan fingerprint density at radius 2 is 2.07 bits per heavy atom. The number of hydrogen-bond donors (Lipinski definition) is 3. The van der Waals surface area contributed by atoms with Crippen LogP contribution in [0, 0.1) is 5.82 Å². The van der Waals surface area contributed by atoms with Crippen LogP contribution in [-0.2, 0) is 11.3 Å². The number of ether oxygens (including phenoxy) is 1. The highest BCUT2D eigenvalue weighted by molar-refractivity contribution is 14.0. The van der Waals surface area contributed by atoms with Gasteiger partial charge >= 0.3 is 6.61 Å². The number of guanidine groups is 1. The molecule has 0 saturated carbocycles. The molecule has 4 N–H and O–H groups in total. The monoisotopic (exact) mass is 529 g/mol. The molecule has 11 heteroatoms. The highest BCUT2D eigenvalue weighted by atomic mass is 127. The van der Waals surface area contributed by atoms with Crippen molar-refractivity contribution >= 4 is 35.8 Å². The second-order valence-electron chi connectivity index (χ2n) is 6.45. The lowest BCUT2D eigenvalue weighted by Crippen LogP contribution is -2.49. The summed E-state index contributed by atoms with van der Waals surface area (Å²) in [5, 5.41) is 6.33. The fraction of sp³-hybridized carbons (Fsp3) is 0.556. The topological polar surface area (TPSA) is 92.0 Å². The van der Waals surface area contributed by atoms with Gasteiger partial charge in [-0.05, 0) is 31.9 Å². The van der Waals surface area contributed by atoms with Gasteiger partial charge in [0.2, 0.25) is 5.91 Å². The lowest BCUT2D eigenvalue weighted by atomic mass is 10.1. The molecule has 0 aliphatic carbocycles. The molecule has 2 rings (SSSR count). The van der Waals surface area contributed by atoms with Crippen LogP contribution in [0.15, 0.2) is 23.2 Å². The van der Waals surface area contributed by atoms with Gasteiger partial charge in [0, 0.05) is 25.7 Å². The molecule has 1 saturated heterocycles. The van der Waals surface area contributed by atoms with E-state index in [9.17, 15) is 18.0 Å². The molecule has 0 unspecified atom stereocenters. The summed E-state index contributed by atoms with van der Waals surface area (Å²) in [6, 6.07) is 3.90. The normalized spacial score (nSPS) is 15.7. The molecule has 0 bridgehead atoms. The van der Waals surface area contributed by atoms with E-state index < -0.39 is 12.4 Å². The molecule has 0 radical (unpaired) electrons. The number of piperidine rings is 1. The molecule has 0 spiro atoms. The van der Waals surface area contributed by atoms with Crippen molar-refractivity contribution in [2.24, 2.45) is 10.7 Å². The van der Waals surface area contributed by atoms with Gasteiger partial charge in [0.05, 0.1) is 18.7 Å². The zero-order valence-electron chi connectivity index (χ0n) is 16.2. The smallest absolute Gasteiger partial charge is 0.387 e. The van der Waals surface area contributed by atoms with Crippen molar-refractivity contribution in [2.75, 3.05) is 26.2 Å². The van der Waals surface area contributed by atoms with Crippen LogP contribution < -0.4 is 21.1 Å². The van der Waals surface area contributed by atoms with Crippen LogP contribution in [0.1, 0.15) is 25.3 Å². The molecule has 1 amide bonds. The van der Waals surface area contributed by atoms with Crippen molar-refractivity contribution in [1.29, 1.82) is 0 Å². The van der Waals surface area contributed by atoms with E-state index in [1.165, 1.54) is 18.2 Å². The Morgan fingerprint density at radius 1 is 1.38 bits per heavy atom. The Kier molecular flexibility index (Phi) is 11.1. The fourth-order valence-corrected chi connectivity index (χ4v) is 3.03. The molecule has 0 atom stereocenters.